The van der Waals surface area contributed by atoms with E-state index in [9.17, 15) is 0 Å². The molecule has 0 radical (unpaired) electrons. The van der Waals surface area contributed by atoms with E-state index in [4.69, 9.17) is 4.42 Å². The molecule has 2 nitrogen and oxygen atoms in total. The summed E-state index contributed by atoms with van der Waals surface area (Å²) in [4.78, 5) is 4.59. The smallest absolute Gasteiger partial charge is 0.226 e. The average molecular weight is 297 g/mol. The molecule has 1 aromatic heterocycles. The van der Waals surface area contributed by atoms with Crippen molar-refractivity contribution in [2.24, 2.45) is 0 Å². The Morgan fingerprint density at radius 2 is 1.04 bits per heavy atom. The largest absolute Gasteiger partial charge is 0.444 e. The van der Waals surface area contributed by atoms with Gasteiger partial charge in [-0.2, -0.15) is 0 Å². The SMILES string of the molecule is c1ccc(-c2ccc(-c3nc(-c4ccccc4)co3)cc2)cc1. The summed E-state index contributed by atoms with van der Waals surface area (Å²) in [6.45, 7) is 0. The molecule has 110 valence electrons. The van der Waals surface area contributed by atoms with E-state index >= 15 is 0 Å². The summed E-state index contributed by atoms with van der Waals surface area (Å²) in [6, 6.07) is 28.6. The first-order chi connectivity index (χ1) is 11.4. The Labute approximate surface area is 135 Å². The lowest BCUT2D eigenvalue weighted by molar-refractivity contribution is 0.575. The molecule has 0 saturated carbocycles. The maximum absolute atomic E-state index is 5.64. The fourth-order valence-electron chi connectivity index (χ4n) is 2.58. The molecule has 0 unspecified atom stereocenters. The van der Waals surface area contributed by atoms with Gasteiger partial charge in [0.1, 0.15) is 12.0 Å². The highest BCUT2D eigenvalue weighted by Gasteiger charge is 2.08. The van der Waals surface area contributed by atoms with Gasteiger partial charge in [-0.3, -0.25) is 0 Å². The fourth-order valence-corrected chi connectivity index (χ4v) is 2.58. The van der Waals surface area contributed by atoms with Crippen molar-refractivity contribution in [3.63, 3.8) is 0 Å². The molecule has 0 aliphatic rings. The molecule has 4 aromatic rings. The minimum Gasteiger partial charge on any atom is -0.444 e. The lowest BCUT2D eigenvalue weighted by Crippen LogP contribution is -1.81. The molecule has 0 atom stereocenters. The van der Waals surface area contributed by atoms with Crippen molar-refractivity contribution in [3.8, 4) is 33.8 Å². The van der Waals surface area contributed by atoms with Crippen LogP contribution in [0.5, 0.6) is 0 Å². The molecule has 0 amide bonds. The Bertz CT molecular complexity index is 894. The van der Waals surface area contributed by atoms with Crippen LogP contribution < -0.4 is 0 Å². The number of rotatable bonds is 3. The van der Waals surface area contributed by atoms with Crippen molar-refractivity contribution < 1.29 is 4.42 Å². The third-order valence-electron chi connectivity index (χ3n) is 3.81. The predicted octanol–water partition coefficient (Wildman–Crippen LogP) is 5.68. The van der Waals surface area contributed by atoms with Crippen LogP contribution in [-0.2, 0) is 0 Å². The van der Waals surface area contributed by atoms with E-state index in [1.807, 2.05) is 60.7 Å². The van der Waals surface area contributed by atoms with Crippen molar-refractivity contribution in [3.05, 3.63) is 91.2 Å². The quantitative estimate of drug-likeness (QED) is 0.486. The van der Waals surface area contributed by atoms with E-state index in [1.54, 1.807) is 6.26 Å². The van der Waals surface area contributed by atoms with E-state index < -0.39 is 0 Å². The Kier molecular flexibility index (Phi) is 3.49. The van der Waals surface area contributed by atoms with Crippen LogP contribution in [0.1, 0.15) is 0 Å². The van der Waals surface area contributed by atoms with Gasteiger partial charge in [0, 0.05) is 11.1 Å². The highest BCUT2D eigenvalue weighted by molar-refractivity contribution is 5.68. The molecule has 0 saturated heterocycles. The Morgan fingerprint density at radius 1 is 0.522 bits per heavy atom. The monoisotopic (exact) mass is 297 g/mol. The standard InChI is InChI=1S/C21H15NO/c1-3-7-16(8-4-1)17-11-13-19(14-12-17)21-22-20(15-23-21)18-9-5-2-6-10-18/h1-15H. The lowest BCUT2D eigenvalue weighted by atomic mass is 10.0. The van der Waals surface area contributed by atoms with Gasteiger partial charge < -0.3 is 4.42 Å². The molecule has 23 heavy (non-hydrogen) atoms. The van der Waals surface area contributed by atoms with E-state index in [0.717, 1.165) is 16.8 Å². The van der Waals surface area contributed by atoms with Crippen molar-refractivity contribution in [1.82, 2.24) is 4.98 Å². The Balaban J connectivity index is 1.63. The maximum Gasteiger partial charge on any atom is 0.226 e. The van der Waals surface area contributed by atoms with Crippen LogP contribution in [0, 0.1) is 0 Å². The van der Waals surface area contributed by atoms with Gasteiger partial charge in [-0.15, -0.1) is 0 Å². The number of nitrogens with zero attached hydrogens (tertiary/aromatic N) is 1. The van der Waals surface area contributed by atoms with E-state index in [1.165, 1.54) is 11.1 Å². The first kappa shape index (κ1) is 13.5. The zero-order chi connectivity index (χ0) is 15.5. The molecule has 0 bridgehead atoms. The summed E-state index contributed by atoms with van der Waals surface area (Å²) in [7, 11) is 0. The zero-order valence-corrected chi connectivity index (χ0v) is 12.5. The van der Waals surface area contributed by atoms with Crippen LogP contribution in [0.25, 0.3) is 33.8 Å². The van der Waals surface area contributed by atoms with Gasteiger partial charge in [0.15, 0.2) is 0 Å². The minimum atomic E-state index is 0.642. The summed E-state index contributed by atoms with van der Waals surface area (Å²) in [5.74, 6) is 0.642. The molecular formula is C21H15NO. The molecule has 3 aromatic carbocycles. The first-order valence-corrected chi connectivity index (χ1v) is 7.57. The number of hydrogen-bond donors (Lipinski definition) is 0. The van der Waals surface area contributed by atoms with Gasteiger partial charge >= 0.3 is 0 Å². The topological polar surface area (TPSA) is 26.0 Å². The summed E-state index contributed by atoms with van der Waals surface area (Å²) in [5.41, 5.74) is 5.28. The molecule has 2 heteroatoms. The maximum atomic E-state index is 5.64. The third kappa shape index (κ3) is 2.79. The lowest BCUT2D eigenvalue weighted by Gasteiger charge is -2.02. The van der Waals surface area contributed by atoms with Gasteiger partial charge in [-0.25, -0.2) is 4.98 Å². The first-order valence-electron chi connectivity index (χ1n) is 7.57. The van der Waals surface area contributed by atoms with E-state index in [2.05, 4.69) is 29.2 Å². The molecule has 0 N–H and O–H groups in total. The second-order valence-electron chi connectivity index (χ2n) is 5.35. The molecule has 0 aliphatic heterocycles. The number of aromatic nitrogens is 1. The van der Waals surface area contributed by atoms with Crippen molar-refractivity contribution >= 4 is 0 Å². The van der Waals surface area contributed by atoms with Crippen LogP contribution in [0.15, 0.2) is 95.6 Å². The Hall–Kier alpha value is -3.13. The highest BCUT2D eigenvalue weighted by atomic mass is 16.3. The van der Waals surface area contributed by atoms with Crippen LogP contribution in [0.4, 0.5) is 0 Å². The van der Waals surface area contributed by atoms with Crippen LogP contribution in [0.3, 0.4) is 0 Å². The fraction of sp³-hybridized carbons (Fsp3) is 0. The normalized spacial score (nSPS) is 10.6. The molecule has 0 aliphatic carbocycles. The van der Waals surface area contributed by atoms with Gasteiger partial charge in [-0.1, -0.05) is 72.8 Å². The minimum absolute atomic E-state index is 0.642. The highest BCUT2D eigenvalue weighted by Crippen LogP contribution is 2.27. The van der Waals surface area contributed by atoms with Crippen molar-refractivity contribution in [1.29, 1.82) is 0 Å². The summed E-state index contributed by atoms with van der Waals surface area (Å²) in [5, 5.41) is 0. The third-order valence-corrected chi connectivity index (χ3v) is 3.81. The second-order valence-corrected chi connectivity index (χ2v) is 5.35. The van der Waals surface area contributed by atoms with Gasteiger partial charge in [-0.05, 0) is 23.3 Å². The average Bonchev–Trinajstić information content (AvgIpc) is 3.14. The molecule has 1 heterocycles. The predicted molar refractivity (Wildman–Crippen MR) is 92.8 cm³/mol. The molecular weight excluding hydrogens is 282 g/mol. The molecule has 4 rings (SSSR count). The zero-order valence-electron chi connectivity index (χ0n) is 12.5. The Morgan fingerprint density at radius 3 is 1.70 bits per heavy atom. The summed E-state index contributed by atoms with van der Waals surface area (Å²) < 4.78 is 5.64. The van der Waals surface area contributed by atoms with E-state index in [0.29, 0.717) is 5.89 Å². The van der Waals surface area contributed by atoms with E-state index in [-0.39, 0.29) is 0 Å². The number of oxazole rings is 1. The second kappa shape index (κ2) is 5.93. The van der Waals surface area contributed by atoms with Gasteiger partial charge in [0.05, 0.1) is 0 Å². The molecule has 0 fully saturated rings. The summed E-state index contributed by atoms with van der Waals surface area (Å²) in [6.07, 6.45) is 1.70. The van der Waals surface area contributed by atoms with Crippen molar-refractivity contribution in [2.75, 3.05) is 0 Å². The van der Waals surface area contributed by atoms with Crippen LogP contribution >= 0.6 is 0 Å². The van der Waals surface area contributed by atoms with Gasteiger partial charge in [0.2, 0.25) is 5.89 Å². The molecule has 0 spiro atoms. The number of benzene rings is 3. The van der Waals surface area contributed by atoms with Crippen molar-refractivity contribution in [2.45, 2.75) is 0 Å². The summed E-state index contributed by atoms with van der Waals surface area (Å²) >= 11 is 0. The van der Waals surface area contributed by atoms with Crippen LogP contribution in [-0.4, -0.2) is 4.98 Å². The number of hydrogen-bond acceptors (Lipinski definition) is 2. The van der Waals surface area contributed by atoms with Crippen LogP contribution in [0.2, 0.25) is 0 Å². The van der Waals surface area contributed by atoms with Gasteiger partial charge in [0.25, 0.3) is 0 Å².